The van der Waals surface area contributed by atoms with Gasteiger partial charge in [0.25, 0.3) is 0 Å². The van der Waals surface area contributed by atoms with Gasteiger partial charge in [-0.3, -0.25) is 4.79 Å². The number of pyridine rings is 1. The van der Waals surface area contributed by atoms with E-state index < -0.39 is 5.97 Å². The van der Waals surface area contributed by atoms with E-state index >= 15 is 0 Å². The Kier molecular flexibility index (Phi) is 4.32. The molecule has 6 heteroatoms. The Morgan fingerprint density at radius 2 is 2.00 bits per heavy atom. The molecule has 1 aromatic carbocycles. The molecule has 2 heterocycles. The SMILES string of the molecule is CCOC(=O)c1cnn(-c2cccc(-c3cccc4c3C(=O)CC4)n2)c1C. The molecule has 2 aromatic heterocycles. The van der Waals surface area contributed by atoms with Gasteiger partial charge in [0.1, 0.15) is 5.56 Å². The van der Waals surface area contributed by atoms with E-state index in [0.29, 0.717) is 35.8 Å². The highest BCUT2D eigenvalue weighted by atomic mass is 16.5. The van der Waals surface area contributed by atoms with Crippen LogP contribution in [0.25, 0.3) is 17.1 Å². The minimum atomic E-state index is -0.399. The van der Waals surface area contributed by atoms with Crippen LogP contribution in [0.2, 0.25) is 0 Å². The number of rotatable bonds is 4. The molecule has 0 fully saturated rings. The highest BCUT2D eigenvalue weighted by Crippen LogP contribution is 2.31. The van der Waals surface area contributed by atoms with Gasteiger partial charge in [-0.25, -0.2) is 14.5 Å². The summed E-state index contributed by atoms with van der Waals surface area (Å²) in [5.41, 5.74) is 4.47. The lowest BCUT2D eigenvalue weighted by Crippen LogP contribution is -2.08. The molecule has 0 saturated carbocycles. The Morgan fingerprint density at radius 3 is 2.81 bits per heavy atom. The van der Waals surface area contributed by atoms with Gasteiger partial charge in [-0.15, -0.1) is 0 Å². The Morgan fingerprint density at radius 1 is 1.19 bits per heavy atom. The lowest BCUT2D eigenvalue weighted by Gasteiger charge is -2.10. The number of nitrogens with zero attached hydrogens (tertiary/aromatic N) is 3. The smallest absolute Gasteiger partial charge is 0.341 e. The Labute approximate surface area is 156 Å². The first kappa shape index (κ1) is 17.1. The van der Waals surface area contributed by atoms with Crippen LogP contribution < -0.4 is 0 Å². The van der Waals surface area contributed by atoms with Crippen LogP contribution in [0.5, 0.6) is 0 Å². The largest absolute Gasteiger partial charge is 0.462 e. The van der Waals surface area contributed by atoms with Gasteiger partial charge in [0, 0.05) is 17.5 Å². The van der Waals surface area contributed by atoms with Gasteiger partial charge >= 0.3 is 5.97 Å². The van der Waals surface area contributed by atoms with E-state index in [1.807, 2.05) is 36.4 Å². The van der Waals surface area contributed by atoms with Crippen LogP contribution in [0.1, 0.15) is 45.3 Å². The molecule has 0 N–H and O–H groups in total. The van der Waals surface area contributed by atoms with Crippen LogP contribution in [0, 0.1) is 6.92 Å². The zero-order valence-corrected chi connectivity index (χ0v) is 15.2. The number of ether oxygens (including phenoxy) is 1. The molecule has 4 rings (SSSR count). The number of carbonyl (C=O) groups is 2. The van der Waals surface area contributed by atoms with Crippen molar-refractivity contribution in [2.24, 2.45) is 0 Å². The van der Waals surface area contributed by atoms with E-state index in [-0.39, 0.29) is 5.78 Å². The molecular formula is C21H19N3O3. The maximum absolute atomic E-state index is 12.3. The second kappa shape index (κ2) is 6.79. The molecule has 3 aromatic rings. The number of fused-ring (bicyclic) bond motifs is 1. The third-order valence-corrected chi connectivity index (χ3v) is 4.78. The van der Waals surface area contributed by atoms with E-state index in [2.05, 4.69) is 5.10 Å². The summed E-state index contributed by atoms with van der Waals surface area (Å²) in [4.78, 5) is 29.0. The number of benzene rings is 1. The fraction of sp³-hybridized carbons (Fsp3) is 0.238. The summed E-state index contributed by atoms with van der Waals surface area (Å²) >= 11 is 0. The van der Waals surface area contributed by atoms with Crippen molar-refractivity contribution >= 4 is 11.8 Å². The normalized spacial score (nSPS) is 12.9. The molecule has 1 aliphatic carbocycles. The van der Waals surface area contributed by atoms with Crippen LogP contribution in [-0.2, 0) is 11.2 Å². The van der Waals surface area contributed by atoms with Crippen molar-refractivity contribution in [1.29, 1.82) is 0 Å². The molecule has 0 saturated heterocycles. The lowest BCUT2D eigenvalue weighted by atomic mass is 10.00. The summed E-state index contributed by atoms with van der Waals surface area (Å²) in [5.74, 6) is 0.347. The van der Waals surface area contributed by atoms with E-state index in [9.17, 15) is 9.59 Å². The Hall–Kier alpha value is -3.28. The first-order valence-corrected chi connectivity index (χ1v) is 8.94. The quantitative estimate of drug-likeness (QED) is 0.665. The standard InChI is InChI=1S/C21H19N3O3/c1-3-27-21(26)16-12-22-24(13(16)2)19-9-5-8-17(23-19)15-7-4-6-14-10-11-18(25)20(14)15/h4-9,12H,3,10-11H2,1-2H3. The molecule has 0 amide bonds. The highest BCUT2D eigenvalue weighted by Gasteiger charge is 2.24. The molecule has 0 bridgehead atoms. The van der Waals surface area contributed by atoms with Gasteiger partial charge in [-0.2, -0.15) is 5.10 Å². The van der Waals surface area contributed by atoms with Gasteiger partial charge in [0.05, 0.1) is 24.2 Å². The number of ketones is 1. The maximum Gasteiger partial charge on any atom is 0.341 e. The third-order valence-electron chi connectivity index (χ3n) is 4.78. The molecule has 0 unspecified atom stereocenters. The van der Waals surface area contributed by atoms with E-state index in [0.717, 1.165) is 23.1 Å². The number of aryl methyl sites for hydroxylation is 1. The third kappa shape index (κ3) is 2.93. The van der Waals surface area contributed by atoms with Crippen LogP contribution >= 0.6 is 0 Å². The van der Waals surface area contributed by atoms with Gasteiger partial charge in [0.15, 0.2) is 11.6 Å². The van der Waals surface area contributed by atoms with E-state index in [1.54, 1.807) is 18.5 Å². The second-order valence-electron chi connectivity index (χ2n) is 6.42. The molecule has 0 radical (unpaired) electrons. The first-order valence-electron chi connectivity index (χ1n) is 8.94. The molecule has 1 aliphatic rings. The van der Waals surface area contributed by atoms with Crippen molar-refractivity contribution in [1.82, 2.24) is 14.8 Å². The summed E-state index contributed by atoms with van der Waals surface area (Å²) in [5, 5.41) is 4.30. The first-order chi connectivity index (χ1) is 13.1. The summed E-state index contributed by atoms with van der Waals surface area (Å²) in [7, 11) is 0. The fourth-order valence-corrected chi connectivity index (χ4v) is 3.47. The number of carbonyl (C=O) groups excluding carboxylic acids is 2. The van der Waals surface area contributed by atoms with Crippen molar-refractivity contribution in [2.45, 2.75) is 26.7 Å². The number of Topliss-reactive ketones (excluding diaryl/α,β-unsaturated/α-hetero) is 1. The topological polar surface area (TPSA) is 74.1 Å². The van der Waals surface area contributed by atoms with Crippen LogP contribution in [0.3, 0.4) is 0 Å². The van der Waals surface area contributed by atoms with Crippen molar-refractivity contribution in [3.63, 3.8) is 0 Å². The van der Waals surface area contributed by atoms with Crippen molar-refractivity contribution in [2.75, 3.05) is 6.61 Å². The van der Waals surface area contributed by atoms with Crippen LogP contribution in [0.4, 0.5) is 0 Å². The summed E-state index contributed by atoms with van der Waals surface area (Å²) in [6.45, 7) is 3.88. The number of hydrogen-bond acceptors (Lipinski definition) is 5. The predicted octanol–water partition coefficient (Wildman–Crippen LogP) is 3.55. The molecule has 0 atom stereocenters. The lowest BCUT2D eigenvalue weighted by molar-refractivity contribution is 0.0525. The average Bonchev–Trinajstić information content (AvgIpc) is 3.25. The van der Waals surface area contributed by atoms with Gasteiger partial charge < -0.3 is 4.74 Å². The van der Waals surface area contributed by atoms with E-state index in [1.165, 1.54) is 6.20 Å². The monoisotopic (exact) mass is 361 g/mol. The molecule has 27 heavy (non-hydrogen) atoms. The number of aromatic nitrogens is 3. The van der Waals surface area contributed by atoms with Gasteiger partial charge in [0.2, 0.25) is 0 Å². The summed E-state index contributed by atoms with van der Waals surface area (Å²) in [6.07, 6.45) is 2.82. The molecule has 6 nitrogen and oxygen atoms in total. The predicted molar refractivity (Wildman–Crippen MR) is 100 cm³/mol. The summed E-state index contributed by atoms with van der Waals surface area (Å²) < 4.78 is 6.67. The molecular weight excluding hydrogens is 342 g/mol. The Balaban J connectivity index is 1.77. The Bertz CT molecular complexity index is 1050. The zero-order chi connectivity index (χ0) is 19.0. The highest BCUT2D eigenvalue weighted by molar-refractivity contribution is 6.05. The van der Waals surface area contributed by atoms with E-state index in [4.69, 9.17) is 9.72 Å². The number of hydrogen-bond donors (Lipinski definition) is 0. The van der Waals surface area contributed by atoms with Crippen molar-refractivity contribution in [3.05, 3.63) is 65.0 Å². The average molecular weight is 361 g/mol. The number of esters is 1. The minimum absolute atomic E-state index is 0.160. The minimum Gasteiger partial charge on any atom is -0.462 e. The molecule has 136 valence electrons. The van der Waals surface area contributed by atoms with Crippen molar-refractivity contribution in [3.8, 4) is 17.1 Å². The fourth-order valence-electron chi connectivity index (χ4n) is 3.47. The molecule has 0 aliphatic heterocycles. The van der Waals surface area contributed by atoms with Gasteiger partial charge in [-0.1, -0.05) is 24.3 Å². The van der Waals surface area contributed by atoms with Crippen LogP contribution in [-0.4, -0.2) is 33.1 Å². The van der Waals surface area contributed by atoms with Gasteiger partial charge in [-0.05, 0) is 38.0 Å². The van der Waals surface area contributed by atoms with Crippen LogP contribution in [0.15, 0.2) is 42.6 Å². The maximum atomic E-state index is 12.3. The summed E-state index contributed by atoms with van der Waals surface area (Å²) in [6, 6.07) is 11.5. The zero-order valence-electron chi connectivity index (χ0n) is 15.2. The second-order valence-corrected chi connectivity index (χ2v) is 6.42. The van der Waals surface area contributed by atoms with Crippen molar-refractivity contribution < 1.29 is 14.3 Å². The molecule has 0 spiro atoms.